The second kappa shape index (κ2) is 14.6. The number of esters is 1. The lowest BCUT2D eigenvalue weighted by molar-refractivity contribution is -0.164. The van der Waals surface area contributed by atoms with Crippen LogP contribution in [0.2, 0.25) is 0 Å². The van der Waals surface area contributed by atoms with Gasteiger partial charge in [-0.3, -0.25) is 14.4 Å². The quantitative estimate of drug-likeness (QED) is 0.116. The SMILES string of the molecule is C=CCCCCCCCCCOc1ccc(C(=O)C(C)(OC(=O)CCC(=O)O)C(C)(C)C)cc1. The minimum atomic E-state index is -1.43. The Morgan fingerprint density at radius 1 is 0.882 bits per heavy atom. The van der Waals surface area contributed by atoms with Gasteiger partial charge < -0.3 is 14.6 Å². The first kappa shape index (κ1) is 29.4. The largest absolute Gasteiger partial charge is 0.494 e. The molecule has 190 valence electrons. The fraction of sp³-hybridized carbons (Fsp3) is 0.607. The van der Waals surface area contributed by atoms with Gasteiger partial charge in [0, 0.05) is 11.0 Å². The van der Waals surface area contributed by atoms with E-state index in [4.69, 9.17) is 14.6 Å². The molecule has 1 atom stereocenters. The Bertz CT molecular complexity index is 790. The molecule has 0 aliphatic heterocycles. The van der Waals surface area contributed by atoms with Crippen LogP contribution in [0.3, 0.4) is 0 Å². The first-order valence-corrected chi connectivity index (χ1v) is 12.3. The van der Waals surface area contributed by atoms with Crippen molar-refractivity contribution in [3.05, 3.63) is 42.5 Å². The van der Waals surface area contributed by atoms with Gasteiger partial charge in [-0.25, -0.2) is 0 Å². The van der Waals surface area contributed by atoms with Gasteiger partial charge in [-0.15, -0.1) is 6.58 Å². The van der Waals surface area contributed by atoms with E-state index in [1.807, 2.05) is 26.8 Å². The van der Waals surface area contributed by atoms with Gasteiger partial charge in [0.2, 0.25) is 5.78 Å². The van der Waals surface area contributed by atoms with E-state index in [0.29, 0.717) is 17.9 Å². The van der Waals surface area contributed by atoms with E-state index in [1.165, 1.54) is 32.1 Å². The lowest BCUT2D eigenvalue weighted by Crippen LogP contribution is -2.51. The van der Waals surface area contributed by atoms with Crippen LogP contribution in [-0.2, 0) is 14.3 Å². The third-order valence-electron chi connectivity index (χ3n) is 6.16. The predicted octanol–water partition coefficient (Wildman–Crippen LogP) is 6.77. The summed E-state index contributed by atoms with van der Waals surface area (Å²) in [5.74, 6) is -1.43. The van der Waals surface area contributed by atoms with Crippen molar-refractivity contribution in [1.82, 2.24) is 0 Å². The number of aliphatic carboxylic acids is 1. The van der Waals surface area contributed by atoms with Gasteiger partial charge in [-0.05, 0) is 50.5 Å². The van der Waals surface area contributed by atoms with Crippen LogP contribution < -0.4 is 4.74 Å². The molecule has 0 saturated carbocycles. The van der Waals surface area contributed by atoms with Crippen molar-refractivity contribution >= 4 is 17.7 Å². The van der Waals surface area contributed by atoms with Crippen molar-refractivity contribution < 1.29 is 29.0 Å². The molecule has 0 heterocycles. The standard InChI is InChI=1S/C28H42O6/c1-6-7-8-9-10-11-12-13-14-21-33-23-17-15-22(16-18-23)26(32)28(5,27(2,3)4)34-25(31)20-19-24(29)30/h6,15-18H,1,7-14,19-21H2,2-5H3,(H,29,30). The summed E-state index contributed by atoms with van der Waals surface area (Å²) < 4.78 is 11.4. The normalized spacial score (nSPS) is 13.1. The molecule has 1 aromatic carbocycles. The summed E-state index contributed by atoms with van der Waals surface area (Å²) in [6.45, 7) is 11.4. The van der Waals surface area contributed by atoms with E-state index in [0.717, 1.165) is 19.3 Å². The summed E-state index contributed by atoms with van der Waals surface area (Å²) in [5, 5.41) is 8.80. The molecule has 1 rings (SSSR count). The van der Waals surface area contributed by atoms with Crippen molar-refractivity contribution in [2.24, 2.45) is 5.41 Å². The number of ether oxygens (including phenoxy) is 2. The lowest BCUT2D eigenvalue weighted by Gasteiger charge is -2.39. The van der Waals surface area contributed by atoms with E-state index in [2.05, 4.69) is 6.58 Å². The summed E-state index contributed by atoms with van der Waals surface area (Å²) in [4.78, 5) is 36.3. The molecule has 0 aromatic heterocycles. The number of Topliss-reactive ketones (excluding diaryl/α,β-unsaturated/α-hetero) is 1. The number of ketones is 1. The Kier molecular flexibility index (Phi) is 12.6. The summed E-state index contributed by atoms with van der Waals surface area (Å²) in [5.41, 5.74) is -1.72. The molecule has 6 nitrogen and oxygen atoms in total. The highest BCUT2D eigenvalue weighted by Gasteiger charge is 2.48. The molecule has 1 N–H and O–H groups in total. The zero-order chi connectivity index (χ0) is 25.6. The van der Waals surface area contributed by atoms with Crippen LogP contribution in [0.1, 0.15) is 102 Å². The minimum absolute atomic E-state index is 0.281. The van der Waals surface area contributed by atoms with Crippen molar-refractivity contribution in [3.63, 3.8) is 0 Å². The maximum Gasteiger partial charge on any atom is 0.307 e. The van der Waals surface area contributed by atoms with Crippen molar-refractivity contribution in [3.8, 4) is 5.75 Å². The van der Waals surface area contributed by atoms with Gasteiger partial charge >= 0.3 is 11.9 Å². The first-order chi connectivity index (χ1) is 16.0. The average Bonchev–Trinajstić information content (AvgIpc) is 2.78. The van der Waals surface area contributed by atoms with Crippen LogP contribution in [0.15, 0.2) is 36.9 Å². The van der Waals surface area contributed by atoms with Crippen LogP contribution in [-0.4, -0.2) is 35.0 Å². The summed E-state index contributed by atoms with van der Waals surface area (Å²) in [7, 11) is 0. The molecular weight excluding hydrogens is 432 g/mol. The number of carboxylic acid groups (broad SMARTS) is 1. The molecule has 0 bridgehead atoms. The number of hydrogen-bond donors (Lipinski definition) is 1. The monoisotopic (exact) mass is 474 g/mol. The number of rotatable bonds is 17. The van der Waals surface area contributed by atoms with Crippen LogP contribution in [0.5, 0.6) is 5.75 Å². The third kappa shape index (κ3) is 10.1. The zero-order valence-corrected chi connectivity index (χ0v) is 21.4. The smallest absolute Gasteiger partial charge is 0.307 e. The van der Waals surface area contributed by atoms with Crippen molar-refractivity contribution in [2.75, 3.05) is 6.61 Å². The molecule has 0 amide bonds. The van der Waals surface area contributed by atoms with Gasteiger partial charge in [-0.2, -0.15) is 0 Å². The third-order valence-corrected chi connectivity index (χ3v) is 6.16. The maximum absolute atomic E-state index is 13.3. The highest BCUT2D eigenvalue weighted by Crippen LogP contribution is 2.37. The van der Waals surface area contributed by atoms with Crippen LogP contribution in [0.4, 0.5) is 0 Å². The minimum Gasteiger partial charge on any atom is -0.494 e. The molecule has 0 saturated heterocycles. The number of allylic oxidation sites excluding steroid dienone is 1. The Balaban J connectivity index is 2.57. The van der Waals surface area contributed by atoms with Gasteiger partial charge in [0.25, 0.3) is 0 Å². The van der Waals surface area contributed by atoms with E-state index < -0.39 is 23.0 Å². The second-order valence-electron chi connectivity index (χ2n) is 9.91. The molecule has 0 aliphatic rings. The van der Waals surface area contributed by atoms with Crippen LogP contribution in [0.25, 0.3) is 0 Å². The topological polar surface area (TPSA) is 89.9 Å². The molecule has 34 heavy (non-hydrogen) atoms. The van der Waals surface area contributed by atoms with Gasteiger partial charge in [0.15, 0.2) is 5.60 Å². The summed E-state index contributed by atoms with van der Waals surface area (Å²) in [6, 6.07) is 6.86. The molecule has 0 radical (unpaired) electrons. The highest BCUT2D eigenvalue weighted by atomic mass is 16.6. The summed E-state index contributed by atoms with van der Waals surface area (Å²) in [6.07, 6.45) is 10.8. The number of unbranched alkanes of at least 4 members (excludes halogenated alkanes) is 7. The molecule has 0 spiro atoms. The van der Waals surface area contributed by atoms with Gasteiger partial charge in [0.1, 0.15) is 5.75 Å². The fourth-order valence-electron chi connectivity index (χ4n) is 3.47. The van der Waals surface area contributed by atoms with E-state index in [-0.39, 0.29) is 18.6 Å². The van der Waals surface area contributed by atoms with Crippen molar-refractivity contribution in [2.45, 2.75) is 97.5 Å². The first-order valence-electron chi connectivity index (χ1n) is 12.3. The van der Waals surface area contributed by atoms with Crippen LogP contribution >= 0.6 is 0 Å². The molecule has 6 heteroatoms. The second-order valence-corrected chi connectivity index (χ2v) is 9.91. The number of carbonyl (C=O) groups excluding carboxylic acids is 2. The Labute approximate surface area is 204 Å². The number of hydrogen-bond acceptors (Lipinski definition) is 5. The number of carboxylic acids is 1. The highest BCUT2D eigenvalue weighted by molar-refractivity contribution is 6.04. The maximum atomic E-state index is 13.3. The fourth-order valence-corrected chi connectivity index (χ4v) is 3.47. The average molecular weight is 475 g/mol. The van der Waals surface area contributed by atoms with Crippen molar-refractivity contribution in [1.29, 1.82) is 0 Å². The Morgan fingerprint density at radius 2 is 1.44 bits per heavy atom. The Hall–Kier alpha value is -2.63. The zero-order valence-electron chi connectivity index (χ0n) is 21.4. The van der Waals surface area contributed by atoms with E-state index >= 15 is 0 Å². The molecule has 1 unspecified atom stereocenters. The van der Waals surface area contributed by atoms with E-state index in [9.17, 15) is 14.4 Å². The molecular formula is C28H42O6. The van der Waals surface area contributed by atoms with Gasteiger partial charge in [0.05, 0.1) is 19.4 Å². The van der Waals surface area contributed by atoms with E-state index in [1.54, 1.807) is 31.2 Å². The lowest BCUT2D eigenvalue weighted by atomic mass is 9.73. The summed E-state index contributed by atoms with van der Waals surface area (Å²) >= 11 is 0. The van der Waals surface area contributed by atoms with Crippen LogP contribution in [0, 0.1) is 5.41 Å². The predicted molar refractivity (Wildman–Crippen MR) is 134 cm³/mol. The molecule has 0 fully saturated rings. The molecule has 1 aromatic rings. The van der Waals surface area contributed by atoms with Gasteiger partial charge in [-0.1, -0.05) is 59.0 Å². The number of benzene rings is 1. The Morgan fingerprint density at radius 3 is 1.97 bits per heavy atom. The number of carbonyl (C=O) groups is 3. The molecule has 0 aliphatic carbocycles.